The van der Waals surface area contributed by atoms with E-state index in [1.165, 1.54) is 11.9 Å². The lowest BCUT2D eigenvalue weighted by Crippen LogP contribution is -2.54. The second-order valence-electron chi connectivity index (χ2n) is 11.3. The quantitative estimate of drug-likeness (QED) is 0.302. The van der Waals surface area contributed by atoms with Gasteiger partial charge < -0.3 is 4.90 Å². The lowest BCUT2D eigenvalue weighted by Gasteiger charge is -2.43. The minimum atomic E-state index is -6.36. The van der Waals surface area contributed by atoms with Crippen LogP contribution in [-0.4, -0.2) is 66.9 Å². The first-order valence-electron chi connectivity index (χ1n) is 13.7. The van der Waals surface area contributed by atoms with Gasteiger partial charge in [-0.15, -0.1) is 0 Å². The third-order valence-electron chi connectivity index (χ3n) is 9.20. The summed E-state index contributed by atoms with van der Waals surface area (Å²) in [6, 6.07) is 4.18. The molecule has 0 spiro atoms. The van der Waals surface area contributed by atoms with Crippen LogP contribution < -0.4 is 0 Å². The number of rotatable bonds is 4. The Morgan fingerprint density at radius 2 is 1.55 bits per heavy atom. The van der Waals surface area contributed by atoms with Gasteiger partial charge in [-0.25, -0.2) is 25.8 Å². The summed E-state index contributed by atoms with van der Waals surface area (Å²) in [6.45, 7) is -0.104. The van der Waals surface area contributed by atoms with Crippen LogP contribution in [0, 0.1) is 11.7 Å². The highest BCUT2D eigenvalue weighted by molar-refractivity contribution is 7.93. The molecular weight excluding hydrogens is 644 g/mol. The molecule has 2 saturated heterocycles. The fourth-order valence-corrected chi connectivity index (χ4v) is 11.1. The topological polar surface area (TPSA) is 83.9 Å². The van der Waals surface area contributed by atoms with Gasteiger partial charge in [0.25, 0.3) is 0 Å². The molecule has 0 saturated carbocycles. The second kappa shape index (κ2) is 10.7. The van der Waals surface area contributed by atoms with Crippen LogP contribution in [0.4, 0.5) is 35.1 Å². The van der Waals surface area contributed by atoms with Gasteiger partial charge in [-0.2, -0.15) is 26.3 Å². The average Bonchev–Trinajstić information content (AvgIpc) is 3.37. The summed E-state index contributed by atoms with van der Waals surface area (Å²) in [4.78, 5) is 14.8. The van der Waals surface area contributed by atoms with Crippen molar-refractivity contribution in [3.05, 3.63) is 65.0 Å². The molecule has 1 amide bonds. The van der Waals surface area contributed by atoms with Crippen molar-refractivity contribution in [2.24, 2.45) is 10.3 Å². The molecule has 242 valence electrons. The minimum Gasteiger partial charge on any atom is -0.337 e. The summed E-state index contributed by atoms with van der Waals surface area (Å²) in [5.41, 5.74) is -7.81. The maximum absolute atomic E-state index is 15.0. The van der Waals surface area contributed by atoms with Gasteiger partial charge >= 0.3 is 18.0 Å². The number of aryl methyl sites for hydroxylation is 1. The van der Waals surface area contributed by atoms with Crippen molar-refractivity contribution in [1.29, 1.82) is 0 Å². The summed E-state index contributed by atoms with van der Waals surface area (Å²) in [5.74, 6) is -1.40. The monoisotopic (exact) mass is 672 g/mol. The first-order chi connectivity index (χ1) is 20.3. The van der Waals surface area contributed by atoms with Crippen LogP contribution in [0.25, 0.3) is 0 Å². The molecule has 0 N–H and O–H groups in total. The number of carbonyl (C=O) groups excluding carboxylic acids is 1. The van der Waals surface area contributed by atoms with Crippen molar-refractivity contribution < 1.29 is 52.5 Å². The first kappa shape index (κ1) is 32.6. The van der Waals surface area contributed by atoms with Crippen molar-refractivity contribution >= 4 is 25.5 Å². The smallest absolute Gasteiger partial charge is 0.337 e. The van der Waals surface area contributed by atoms with E-state index in [1.807, 2.05) is 0 Å². The first-order valence-corrected chi connectivity index (χ1v) is 17.0. The Hall–Kier alpha value is -2.75. The number of alkyl halides is 7. The van der Waals surface area contributed by atoms with Crippen LogP contribution in [0.3, 0.4) is 0 Å². The predicted molar refractivity (Wildman–Crippen MR) is 144 cm³/mol. The molecule has 0 aromatic heterocycles. The molecule has 0 bridgehead atoms. The van der Waals surface area contributed by atoms with Crippen molar-refractivity contribution in [3.63, 3.8) is 0 Å². The molecular formula is C28H28F8N2O4S2. The number of hydrogen-bond donors (Lipinski definition) is 0. The highest BCUT2D eigenvalue weighted by Gasteiger charge is 2.74. The Kier molecular flexibility index (Phi) is 7.91. The summed E-state index contributed by atoms with van der Waals surface area (Å²) in [7, 11) is -5.60. The summed E-state index contributed by atoms with van der Waals surface area (Å²) >= 11 is 0. The van der Waals surface area contributed by atoms with E-state index in [0.29, 0.717) is 12.1 Å². The van der Waals surface area contributed by atoms with Gasteiger partial charge in [-0.05, 0) is 67.5 Å². The van der Waals surface area contributed by atoms with Crippen molar-refractivity contribution in [1.82, 2.24) is 4.90 Å². The molecule has 2 fully saturated rings. The Morgan fingerprint density at radius 1 is 0.955 bits per heavy atom. The second-order valence-corrected chi connectivity index (χ2v) is 16.3. The average molecular weight is 673 g/mol. The lowest BCUT2D eigenvalue weighted by atomic mass is 9.76. The van der Waals surface area contributed by atoms with Crippen molar-refractivity contribution in [2.75, 3.05) is 25.1 Å². The van der Waals surface area contributed by atoms with E-state index in [2.05, 4.69) is 4.36 Å². The van der Waals surface area contributed by atoms with Gasteiger partial charge in [0.2, 0.25) is 5.91 Å². The third-order valence-corrected chi connectivity index (χ3v) is 14.2. The highest BCUT2D eigenvalue weighted by atomic mass is 32.2. The molecule has 2 aliphatic heterocycles. The predicted octanol–water partition coefficient (Wildman–Crippen LogP) is 5.84. The van der Waals surface area contributed by atoms with Crippen LogP contribution >= 0.6 is 0 Å². The Labute approximate surface area is 248 Å². The molecule has 2 aromatic carbocycles. The van der Waals surface area contributed by atoms with Gasteiger partial charge in [-0.3, -0.25) is 4.79 Å². The van der Waals surface area contributed by atoms with Crippen molar-refractivity contribution in [3.8, 4) is 0 Å². The molecule has 2 heterocycles. The minimum absolute atomic E-state index is 0.104. The fraction of sp³-hybridized carbons (Fsp3) is 0.536. The van der Waals surface area contributed by atoms with Gasteiger partial charge in [0.1, 0.15) is 10.6 Å². The summed E-state index contributed by atoms with van der Waals surface area (Å²) in [5, 5.41) is 0. The number of likely N-dealkylation sites (tertiary alicyclic amines) is 1. The zero-order valence-corrected chi connectivity index (χ0v) is 24.9. The molecule has 3 aliphatic rings. The Morgan fingerprint density at radius 3 is 2.09 bits per heavy atom. The van der Waals surface area contributed by atoms with Crippen molar-refractivity contribution in [2.45, 2.75) is 65.8 Å². The van der Waals surface area contributed by atoms with E-state index >= 15 is 0 Å². The highest BCUT2D eigenvalue weighted by Crippen LogP contribution is 2.57. The largest absolute Gasteiger partial charge is 0.435 e. The maximum atomic E-state index is 15.0. The molecule has 6 nitrogen and oxygen atoms in total. The standard InChI is InChI=1S/C28H28F8N2O4S2/c1-37-43(40)14-10-17(11-15-43)24(39)38-13-12-25(44(41,42)21-6-4-20(29)5-7-21)22-8-3-19(16-18(22)2-9-23(25)38)26(30,27(31,32)33)28(34,35)36/h3-8,16-17,23H,2,9-15H2,1H3/t17?,23-,25-,43?/m0/s1. The van der Waals surface area contributed by atoms with Gasteiger partial charge in [0.15, 0.2) is 9.84 Å². The third kappa shape index (κ3) is 4.81. The van der Waals surface area contributed by atoms with E-state index in [1.54, 1.807) is 0 Å². The molecule has 16 heteroatoms. The molecule has 5 rings (SSSR count). The maximum Gasteiger partial charge on any atom is 0.435 e. The van der Waals surface area contributed by atoms with Crippen LogP contribution in [0.15, 0.2) is 51.7 Å². The SMILES string of the molecule is CN=S1(=O)CCC(C(=O)N2CC[C@]3(S(=O)(=O)c4ccc(F)cc4)c4ccc(C(F)(C(F)(F)F)C(F)(F)F)cc4CC[C@H]23)CC1. The summed E-state index contributed by atoms with van der Waals surface area (Å²) < 4.78 is 153. The van der Waals surface area contributed by atoms with E-state index < -0.39 is 71.6 Å². The number of hydrogen-bond acceptors (Lipinski definition) is 5. The number of halogens is 8. The normalized spacial score (nSPS) is 27.9. The number of benzene rings is 2. The molecule has 2 atom stereocenters. The van der Waals surface area contributed by atoms with E-state index in [9.17, 15) is 52.5 Å². The fourth-order valence-electron chi connectivity index (χ4n) is 6.88. The van der Waals surface area contributed by atoms with Crippen LogP contribution in [0.1, 0.15) is 42.4 Å². The zero-order chi connectivity index (χ0) is 32.5. The van der Waals surface area contributed by atoms with Gasteiger partial charge in [0, 0.05) is 46.3 Å². The zero-order valence-electron chi connectivity index (χ0n) is 23.2. The van der Waals surface area contributed by atoms with E-state index in [-0.39, 0.29) is 66.2 Å². The van der Waals surface area contributed by atoms with Gasteiger partial charge in [0.05, 0.1) is 10.9 Å². The number of fused-ring (bicyclic) bond motifs is 3. The number of nitrogens with zero attached hydrogens (tertiary/aromatic N) is 2. The number of sulfone groups is 1. The Bertz CT molecular complexity index is 1670. The van der Waals surface area contributed by atoms with Gasteiger partial charge in [-0.1, -0.05) is 18.2 Å². The molecule has 44 heavy (non-hydrogen) atoms. The molecule has 0 radical (unpaired) electrons. The Balaban J connectivity index is 1.64. The lowest BCUT2D eigenvalue weighted by molar-refractivity contribution is -0.348. The molecule has 1 aliphatic carbocycles. The number of amides is 1. The van der Waals surface area contributed by atoms with E-state index in [0.717, 1.165) is 30.3 Å². The molecule has 0 unspecified atom stereocenters. The summed E-state index contributed by atoms with van der Waals surface area (Å²) in [6.07, 6.45) is -12.9. The van der Waals surface area contributed by atoms with Crippen LogP contribution in [0.5, 0.6) is 0 Å². The van der Waals surface area contributed by atoms with Crippen LogP contribution in [0.2, 0.25) is 0 Å². The van der Waals surface area contributed by atoms with E-state index in [4.69, 9.17) is 0 Å². The molecule has 2 aromatic rings. The van der Waals surface area contributed by atoms with Crippen LogP contribution in [-0.2, 0) is 41.2 Å². The number of carbonyl (C=O) groups is 1.